The third-order valence-electron chi connectivity index (χ3n) is 5.08. The SMILES string of the molecule is CC1CN(C(=N)NCc2ccccc2)c2ccc3c(Br)cccc3c21.O=C(O)C(F)(F)F. The summed E-state index contributed by atoms with van der Waals surface area (Å²) in [5, 5.41) is 21.4. The van der Waals surface area contributed by atoms with Gasteiger partial charge in [-0.3, -0.25) is 5.41 Å². The van der Waals surface area contributed by atoms with E-state index in [2.05, 4.69) is 75.5 Å². The number of hydrogen-bond acceptors (Lipinski definition) is 2. The third-order valence-corrected chi connectivity index (χ3v) is 5.77. The molecule has 1 aliphatic heterocycles. The lowest BCUT2D eigenvalue weighted by atomic mass is 9.96. The van der Waals surface area contributed by atoms with Gasteiger partial charge in [-0.2, -0.15) is 13.2 Å². The number of alkyl halides is 3. The van der Waals surface area contributed by atoms with Crippen molar-refractivity contribution >= 4 is 44.3 Å². The molecule has 3 N–H and O–H groups in total. The van der Waals surface area contributed by atoms with Gasteiger partial charge in [0.1, 0.15) is 0 Å². The first-order chi connectivity index (χ1) is 15.1. The van der Waals surface area contributed by atoms with Gasteiger partial charge < -0.3 is 15.3 Å². The van der Waals surface area contributed by atoms with Gasteiger partial charge in [-0.05, 0) is 34.0 Å². The van der Waals surface area contributed by atoms with E-state index in [1.165, 1.54) is 21.9 Å². The summed E-state index contributed by atoms with van der Waals surface area (Å²) in [5.74, 6) is -1.90. The van der Waals surface area contributed by atoms with E-state index in [1.807, 2.05) is 18.2 Å². The molecular weight excluding hydrogens is 487 g/mol. The number of rotatable bonds is 2. The van der Waals surface area contributed by atoms with Crippen molar-refractivity contribution in [2.75, 3.05) is 11.4 Å². The number of halogens is 4. The second-order valence-electron chi connectivity index (χ2n) is 7.34. The van der Waals surface area contributed by atoms with E-state index >= 15 is 0 Å². The molecule has 0 bridgehead atoms. The number of carboxylic acid groups (broad SMARTS) is 1. The molecule has 0 saturated carbocycles. The average Bonchev–Trinajstić information content (AvgIpc) is 3.10. The Balaban J connectivity index is 0.000000360. The van der Waals surface area contributed by atoms with Crippen LogP contribution in [0.4, 0.5) is 18.9 Å². The van der Waals surface area contributed by atoms with Gasteiger partial charge in [0.15, 0.2) is 5.96 Å². The van der Waals surface area contributed by atoms with E-state index in [0.29, 0.717) is 18.4 Å². The van der Waals surface area contributed by atoms with Crippen molar-refractivity contribution in [2.45, 2.75) is 25.6 Å². The maximum absolute atomic E-state index is 10.6. The molecule has 4 rings (SSSR count). The quantitative estimate of drug-likeness (QED) is 0.299. The first-order valence-electron chi connectivity index (χ1n) is 9.74. The molecule has 3 aromatic carbocycles. The number of guanidine groups is 1. The van der Waals surface area contributed by atoms with E-state index < -0.39 is 12.1 Å². The molecule has 1 aliphatic rings. The Morgan fingerprint density at radius 3 is 2.41 bits per heavy atom. The molecule has 32 heavy (non-hydrogen) atoms. The number of hydrogen-bond donors (Lipinski definition) is 3. The van der Waals surface area contributed by atoms with E-state index in [-0.39, 0.29) is 0 Å². The number of aliphatic carboxylic acids is 1. The summed E-state index contributed by atoms with van der Waals surface area (Å²) in [5.41, 5.74) is 3.66. The zero-order valence-electron chi connectivity index (χ0n) is 17.1. The molecule has 0 fully saturated rings. The van der Waals surface area contributed by atoms with Crippen LogP contribution in [0.3, 0.4) is 0 Å². The highest BCUT2D eigenvalue weighted by Gasteiger charge is 2.38. The van der Waals surface area contributed by atoms with Crippen LogP contribution < -0.4 is 10.2 Å². The molecule has 1 atom stereocenters. The molecule has 1 unspecified atom stereocenters. The van der Waals surface area contributed by atoms with Crippen molar-refractivity contribution in [1.82, 2.24) is 5.32 Å². The number of carbonyl (C=O) groups is 1. The van der Waals surface area contributed by atoms with Crippen LogP contribution in [0.2, 0.25) is 0 Å². The summed E-state index contributed by atoms with van der Waals surface area (Å²) in [4.78, 5) is 11.0. The first-order valence-corrected chi connectivity index (χ1v) is 10.5. The number of nitrogens with zero attached hydrogens (tertiary/aromatic N) is 1. The van der Waals surface area contributed by atoms with Crippen molar-refractivity contribution in [1.29, 1.82) is 5.41 Å². The Morgan fingerprint density at radius 2 is 1.78 bits per heavy atom. The zero-order chi connectivity index (χ0) is 23.5. The maximum atomic E-state index is 10.6. The fourth-order valence-corrected chi connectivity index (χ4v) is 4.14. The van der Waals surface area contributed by atoms with Crippen LogP contribution in [0.1, 0.15) is 24.0 Å². The Labute approximate surface area is 191 Å². The van der Waals surface area contributed by atoms with E-state index in [4.69, 9.17) is 15.3 Å². The summed E-state index contributed by atoms with van der Waals surface area (Å²) >= 11 is 3.65. The van der Waals surface area contributed by atoms with Crippen LogP contribution in [0.25, 0.3) is 10.8 Å². The topological polar surface area (TPSA) is 76.4 Å². The minimum atomic E-state index is -5.08. The van der Waals surface area contributed by atoms with Crippen molar-refractivity contribution < 1.29 is 23.1 Å². The highest BCUT2D eigenvalue weighted by molar-refractivity contribution is 9.10. The molecule has 0 amide bonds. The molecule has 0 spiro atoms. The average molecular weight is 508 g/mol. The smallest absolute Gasteiger partial charge is 0.475 e. The molecule has 0 saturated heterocycles. The molecular formula is C23H21BrF3N3O2. The van der Waals surface area contributed by atoms with Gasteiger partial charge in [-0.25, -0.2) is 4.79 Å². The largest absolute Gasteiger partial charge is 0.490 e. The van der Waals surface area contributed by atoms with Crippen LogP contribution in [0.15, 0.2) is 65.1 Å². The molecule has 0 aliphatic carbocycles. The zero-order valence-corrected chi connectivity index (χ0v) is 18.7. The van der Waals surface area contributed by atoms with Crippen LogP contribution >= 0.6 is 15.9 Å². The molecule has 3 aromatic rings. The predicted molar refractivity (Wildman–Crippen MR) is 122 cm³/mol. The van der Waals surface area contributed by atoms with Gasteiger partial charge >= 0.3 is 12.1 Å². The van der Waals surface area contributed by atoms with Gasteiger partial charge in [0, 0.05) is 29.2 Å². The third kappa shape index (κ3) is 5.21. The normalized spacial score (nSPS) is 15.0. The maximum Gasteiger partial charge on any atom is 0.490 e. The van der Waals surface area contributed by atoms with Crippen LogP contribution in [0.5, 0.6) is 0 Å². The van der Waals surface area contributed by atoms with Crippen molar-refractivity contribution in [3.05, 3.63) is 76.3 Å². The van der Waals surface area contributed by atoms with Crippen LogP contribution in [0, 0.1) is 5.41 Å². The van der Waals surface area contributed by atoms with Gasteiger partial charge in [-0.1, -0.05) is 71.4 Å². The molecule has 5 nitrogen and oxygen atoms in total. The van der Waals surface area contributed by atoms with E-state index in [0.717, 1.165) is 16.7 Å². The van der Waals surface area contributed by atoms with Gasteiger partial charge in [0.05, 0.1) is 0 Å². The summed E-state index contributed by atoms with van der Waals surface area (Å²) in [6.45, 7) is 3.74. The van der Waals surface area contributed by atoms with E-state index in [9.17, 15) is 13.2 Å². The lowest BCUT2D eigenvalue weighted by Gasteiger charge is -2.21. The van der Waals surface area contributed by atoms with Crippen molar-refractivity contribution in [2.24, 2.45) is 0 Å². The Hall–Kier alpha value is -3.07. The predicted octanol–water partition coefficient (Wildman–Crippen LogP) is 5.88. The molecule has 0 radical (unpaired) electrons. The number of nitrogens with one attached hydrogen (secondary N) is 2. The fourth-order valence-electron chi connectivity index (χ4n) is 3.64. The highest BCUT2D eigenvalue weighted by atomic mass is 79.9. The van der Waals surface area contributed by atoms with E-state index in [1.54, 1.807) is 0 Å². The second-order valence-corrected chi connectivity index (χ2v) is 8.19. The molecule has 168 valence electrons. The van der Waals surface area contributed by atoms with Gasteiger partial charge in [0.25, 0.3) is 0 Å². The minimum Gasteiger partial charge on any atom is -0.475 e. The lowest BCUT2D eigenvalue weighted by Crippen LogP contribution is -2.39. The number of anilines is 1. The van der Waals surface area contributed by atoms with Crippen molar-refractivity contribution in [3.63, 3.8) is 0 Å². The summed E-state index contributed by atoms with van der Waals surface area (Å²) < 4.78 is 32.9. The Bertz CT molecular complexity index is 1140. The highest BCUT2D eigenvalue weighted by Crippen LogP contribution is 2.42. The first kappa shape index (κ1) is 23.6. The molecule has 0 aromatic heterocycles. The second kappa shape index (κ2) is 9.60. The van der Waals surface area contributed by atoms with Gasteiger partial charge in [-0.15, -0.1) is 0 Å². The van der Waals surface area contributed by atoms with Gasteiger partial charge in [0.2, 0.25) is 0 Å². The van der Waals surface area contributed by atoms with Crippen LogP contribution in [-0.2, 0) is 11.3 Å². The number of benzene rings is 3. The Morgan fingerprint density at radius 1 is 1.12 bits per heavy atom. The van der Waals surface area contributed by atoms with Crippen LogP contribution in [-0.4, -0.2) is 29.8 Å². The van der Waals surface area contributed by atoms with Crippen molar-refractivity contribution in [3.8, 4) is 0 Å². The molecule has 1 heterocycles. The Kier molecular flexibility index (Phi) is 7.08. The summed E-state index contributed by atoms with van der Waals surface area (Å²) in [6, 6.07) is 20.8. The number of fused-ring (bicyclic) bond motifs is 3. The lowest BCUT2D eigenvalue weighted by molar-refractivity contribution is -0.192. The standard InChI is InChI=1S/C21H20BrN3.C2HF3O2/c1-14-13-25(21(23)24-12-15-6-3-2-4-7-15)19-11-10-16-17(20(14)19)8-5-9-18(16)22;3-2(4,5)1(6)7/h2-11,14H,12-13H2,1H3,(H2,23,24);(H,6,7). The summed E-state index contributed by atoms with van der Waals surface area (Å²) in [7, 11) is 0. The number of carboxylic acids is 1. The summed E-state index contributed by atoms with van der Waals surface area (Å²) in [6.07, 6.45) is -5.08. The minimum absolute atomic E-state index is 0.395. The monoisotopic (exact) mass is 507 g/mol. The molecule has 9 heteroatoms. The fraction of sp³-hybridized carbons (Fsp3) is 0.217.